The van der Waals surface area contributed by atoms with Crippen molar-refractivity contribution >= 4 is 11.7 Å². The summed E-state index contributed by atoms with van der Waals surface area (Å²) in [6.07, 6.45) is 0. The molecular weight excluding hydrogens is 168 g/mol. The maximum Gasteiger partial charge on any atom is 0.332 e. The van der Waals surface area contributed by atoms with E-state index >= 15 is 0 Å². The molecule has 0 fully saturated rings. The third-order valence-electron chi connectivity index (χ3n) is 1.40. The largest absolute Gasteiger partial charge is 0.350 e. The Balaban J connectivity index is 4.53. The number of urea groups is 1. The Kier molecular flexibility index (Phi) is 3.92. The third kappa shape index (κ3) is 4.80. The molecule has 0 rings (SSSR count). The summed E-state index contributed by atoms with van der Waals surface area (Å²) in [5.41, 5.74) is 7.35. The molecule has 5 heteroatoms. The summed E-state index contributed by atoms with van der Waals surface area (Å²) in [5, 5.41) is 3.76. The second-order valence-corrected chi connectivity index (χ2v) is 3.60. The molecule has 5 nitrogen and oxygen atoms in total. The first-order valence-electron chi connectivity index (χ1n) is 3.83. The third-order valence-corrected chi connectivity index (χ3v) is 1.40. The number of carbonyl (C=O) groups excluding carboxylic acids is 1. The van der Waals surface area contributed by atoms with Crippen LogP contribution >= 0.6 is 0 Å². The summed E-state index contributed by atoms with van der Waals surface area (Å²) in [7, 11) is 0. The van der Waals surface area contributed by atoms with E-state index in [0.717, 1.165) is 0 Å². The number of nitrogens with zero attached hydrogens (tertiary/aromatic N) is 2. The lowest BCUT2D eigenvalue weighted by molar-refractivity contribution is 0.249. The second-order valence-electron chi connectivity index (χ2n) is 3.60. The zero-order chi connectivity index (χ0) is 10.5. The van der Waals surface area contributed by atoms with Gasteiger partial charge in [-0.05, 0) is 0 Å². The van der Waals surface area contributed by atoms with Gasteiger partial charge in [0, 0.05) is 5.41 Å². The molecule has 72 valence electrons. The van der Waals surface area contributed by atoms with E-state index in [0.29, 0.717) is 5.71 Å². The molecule has 3 N–H and O–H groups in total. The van der Waals surface area contributed by atoms with Gasteiger partial charge in [0.15, 0.2) is 0 Å². The Morgan fingerprint density at radius 1 is 1.62 bits per heavy atom. The number of hydrogen-bond acceptors (Lipinski definition) is 2. The molecule has 0 bridgehead atoms. The number of hydrazone groups is 1. The molecule has 0 unspecified atom stereocenters. The highest BCUT2D eigenvalue weighted by atomic mass is 16.2. The number of primary amides is 1. The minimum atomic E-state index is -0.716. The van der Waals surface area contributed by atoms with Crippen molar-refractivity contribution in [3.05, 3.63) is 11.4 Å². The summed E-state index contributed by atoms with van der Waals surface area (Å²) in [4.78, 5) is 13.6. The van der Waals surface area contributed by atoms with E-state index in [-0.39, 0.29) is 12.0 Å². The van der Waals surface area contributed by atoms with Crippen LogP contribution in [0.1, 0.15) is 20.8 Å². The maximum absolute atomic E-state index is 10.4. The van der Waals surface area contributed by atoms with Crippen LogP contribution in [0.15, 0.2) is 5.10 Å². The molecule has 0 saturated carbocycles. The number of hydrogen-bond donors (Lipinski definition) is 2. The molecule has 0 aliphatic rings. The van der Waals surface area contributed by atoms with Gasteiger partial charge in [0.1, 0.15) is 5.71 Å². The van der Waals surface area contributed by atoms with E-state index in [4.69, 9.17) is 12.3 Å². The van der Waals surface area contributed by atoms with Crippen LogP contribution in [0.5, 0.6) is 0 Å². The highest BCUT2D eigenvalue weighted by molar-refractivity contribution is 5.92. The van der Waals surface area contributed by atoms with Crippen molar-refractivity contribution in [3.8, 4) is 0 Å². The fourth-order valence-electron chi connectivity index (χ4n) is 0.638. The fraction of sp³-hybridized carbons (Fsp3) is 0.625. The molecule has 0 aliphatic heterocycles. The Morgan fingerprint density at radius 2 is 2.15 bits per heavy atom. The predicted molar refractivity (Wildman–Crippen MR) is 51.1 cm³/mol. The van der Waals surface area contributed by atoms with Crippen LogP contribution in [-0.4, -0.2) is 18.3 Å². The van der Waals surface area contributed by atoms with Crippen LogP contribution in [-0.2, 0) is 0 Å². The molecule has 0 radical (unpaired) electrons. The quantitative estimate of drug-likeness (QED) is 0.373. The summed E-state index contributed by atoms with van der Waals surface area (Å²) in [6, 6.07) is -0.716. The minimum absolute atomic E-state index is 0.170. The lowest BCUT2D eigenvalue weighted by atomic mass is 9.90. The Hall–Kier alpha value is -1.57. The first-order valence-corrected chi connectivity index (χ1v) is 3.83. The zero-order valence-corrected chi connectivity index (χ0v) is 8.09. The van der Waals surface area contributed by atoms with E-state index in [1.807, 2.05) is 20.8 Å². The van der Waals surface area contributed by atoms with Crippen molar-refractivity contribution in [2.24, 2.45) is 16.3 Å². The first-order chi connectivity index (χ1) is 5.88. The van der Waals surface area contributed by atoms with Gasteiger partial charge in [0.2, 0.25) is 0 Å². The lowest BCUT2D eigenvalue weighted by Crippen LogP contribution is -2.30. The highest BCUT2D eigenvalue weighted by Gasteiger charge is 2.21. The minimum Gasteiger partial charge on any atom is -0.350 e. The van der Waals surface area contributed by atoms with Crippen LogP contribution in [0.2, 0.25) is 0 Å². The smallest absolute Gasteiger partial charge is 0.332 e. The first kappa shape index (κ1) is 11.4. The number of carbonyl (C=O) groups is 1. The van der Waals surface area contributed by atoms with E-state index in [1.54, 1.807) is 0 Å². The van der Waals surface area contributed by atoms with Crippen LogP contribution in [0.4, 0.5) is 4.79 Å². The normalized spacial score (nSPS) is 12.0. The molecule has 0 aromatic carbocycles. The van der Waals surface area contributed by atoms with Crippen molar-refractivity contribution in [1.82, 2.24) is 5.43 Å². The van der Waals surface area contributed by atoms with Gasteiger partial charge in [0.05, 0.1) is 0 Å². The van der Waals surface area contributed by atoms with Crippen LogP contribution in [0.3, 0.4) is 0 Å². The van der Waals surface area contributed by atoms with Gasteiger partial charge in [-0.3, -0.25) is 0 Å². The van der Waals surface area contributed by atoms with Crippen molar-refractivity contribution in [3.63, 3.8) is 0 Å². The SMILES string of the molecule is [C-]#[N+]C/C(=N/NC(N)=O)C(C)(C)C. The Morgan fingerprint density at radius 3 is 2.46 bits per heavy atom. The molecule has 0 spiro atoms. The lowest BCUT2D eigenvalue weighted by Gasteiger charge is -2.16. The van der Waals surface area contributed by atoms with E-state index < -0.39 is 6.03 Å². The van der Waals surface area contributed by atoms with E-state index in [2.05, 4.69) is 15.4 Å². The van der Waals surface area contributed by atoms with E-state index in [9.17, 15) is 4.79 Å². The average Bonchev–Trinajstić information content (AvgIpc) is 1.95. The zero-order valence-electron chi connectivity index (χ0n) is 8.09. The summed E-state index contributed by atoms with van der Waals surface area (Å²) < 4.78 is 0. The van der Waals surface area contributed by atoms with Gasteiger partial charge in [-0.1, -0.05) is 20.8 Å². The maximum atomic E-state index is 10.4. The van der Waals surface area contributed by atoms with Gasteiger partial charge < -0.3 is 10.6 Å². The molecule has 0 saturated heterocycles. The van der Waals surface area contributed by atoms with Crippen LogP contribution in [0.25, 0.3) is 4.85 Å². The molecule has 0 aromatic rings. The Bertz CT molecular complexity index is 256. The molecule has 13 heavy (non-hydrogen) atoms. The van der Waals surface area contributed by atoms with E-state index in [1.165, 1.54) is 0 Å². The van der Waals surface area contributed by atoms with Crippen LogP contribution in [0, 0.1) is 12.0 Å². The molecule has 0 atom stereocenters. The standard InChI is InChI=1S/C8H14N4O/c1-8(2,3)6(5-10-4)11-12-7(9)13/h5H2,1-3H3,(H3,9,12,13)/b11-6-. The second kappa shape index (κ2) is 4.45. The number of amides is 2. The van der Waals surface area contributed by atoms with Gasteiger partial charge >= 0.3 is 6.03 Å². The molecule has 0 aromatic heterocycles. The van der Waals surface area contributed by atoms with Gasteiger partial charge in [-0.25, -0.2) is 16.8 Å². The molecular formula is C8H14N4O. The summed E-state index contributed by atoms with van der Waals surface area (Å²) in [5.74, 6) is 0. The molecule has 0 aliphatic carbocycles. The predicted octanol–water partition coefficient (Wildman–Crippen LogP) is 0.976. The monoisotopic (exact) mass is 182 g/mol. The van der Waals surface area contributed by atoms with Crippen molar-refractivity contribution in [2.45, 2.75) is 20.8 Å². The summed E-state index contributed by atoms with van der Waals surface area (Å²) >= 11 is 0. The van der Waals surface area contributed by atoms with Crippen LogP contribution < -0.4 is 11.2 Å². The number of nitrogens with one attached hydrogen (secondary N) is 1. The molecule has 0 heterocycles. The Labute approximate surface area is 77.8 Å². The highest BCUT2D eigenvalue weighted by Crippen LogP contribution is 2.15. The van der Waals surface area contributed by atoms with Gasteiger partial charge in [-0.15, -0.1) is 0 Å². The van der Waals surface area contributed by atoms with Gasteiger partial charge in [0.25, 0.3) is 6.54 Å². The topological polar surface area (TPSA) is 71.8 Å². The van der Waals surface area contributed by atoms with Crippen molar-refractivity contribution in [2.75, 3.05) is 6.54 Å². The number of nitrogens with two attached hydrogens (primary N) is 1. The van der Waals surface area contributed by atoms with Crippen molar-refractivity contribution in [1.29, 1.82) is 0 Å². The molecule has 2 amide bonds. The number of rotatable bonds is 2. The summed E-state index contributed by atoms with van der Waals surface area (Å²) in [6.45, 7) is 12.6. The fourth-order valence-corrected chi connectivity index (χ4v) is 0.638. The van der Waals surface area contributed by atoms with Gasteiger partial charge in [-0.2, -0.15) is 5.10 Å². The average molecular weight is 182 g/mol. The van der Waals surface area contributed by atoms with Crippen molar-refractivity contribution < 1.29 is 4.79 Å².